The van der Waals surface area contributed by atoms with Gasteiger partial charge in [-0.1, -0.05) is 12.1 Å². The average molecular weight is 341 g/mol. The second-order valence-corrected chi connectivity index (χ2v) is 5.95. The summed E-state index contributed by atoms with van der Waals surface area (Å²) in [5, 5.41) is 6.07. The maximum Gasteiger partial charge on any atom is 0.255 e. The van der Waals surface area contributed by atoms with Gasteiger partial charge in [0.15, 0.2) is 6.61 Å². The van der Waals surface area contributed by atoms with E-state index in [0.29, 0.717) is 5.75 Å². The maximum atomic E-state index is 12.4. The van der Waals surface area contributed by atoms with E-state index in [2.05, 4.69) is 10.6 Å². The van der Waals surface area contributed by atoms with Gasteiger partial charge in [-0.05, 0) is 62.2 Å². The quantitative estimate of drug-likeness (QED) is 0.721. The maximum absolute atomic E-state index is 12.4. The predicted molar refractivity (Wildman–Crippen MR) is 98.8 cm³/mol. The van der Waals surface area contributed by atoms with Crippen LogP contribution < -0.4 is 21.1 Å². The van der Waals surface area contributed by atoms with Gasteiger partial charge in [-0.3, -0.25) is 9.59 Å². The van der Waals surface area contributed by atoms with Crippen LogP contribution in [0.15, 0.2) is 42.5 Å². The Bertz CT molecular complexity index is 757. The van der Waals surface area contributed by atoms with Crippen LogP contribution in [-0.4, -0.2) is 24.5 Å². The van der Waals surface area contributed by atoms with Crippen LogP contribution in [-0.2, 0) is 9.59 Å². The highest BCUT2D eigenvalue weighted by atomic mass is 16.5. The molecule has 1 atom stereocenters. The fourth-order valence-electron chi connectivity index (χ4n) is 2.23. The molecule has 0 heterocycles. The van der Waals surface area contributed by atoms with E-state index in [-0.39, 0.29) is 12.5 Å². The Morgan fingerprint density at radius 1 is 1.12 bits per heavy atom. The van der Waals surface area contributed by atoms with Crippen molar-refractivity contribution in [2.45, 2.75) is 26.8 Å². The molecule has 0 aliphatic rings. The highest BCUT2D eigenvalue weighted by molar-refractivity contribution is 5.96. The van der Waals surface area contributed by atoms with Crippen LogP contribution in [0.3, 0.4) is 0 Å². The Balaban J connectivity index is 1.94. The number of nitrogens with two attached hydrogens (primary N) is 1. The fraction of sp³-hybridized carbons (Fsp3) is 0.263. The minimum absolute atomic E-state index is 0.122. The molecule has 0 unspecified atom stereocenters. The fourth-order valence-corrected chi connectivity index (χ4v) is 2.23. The van der Waals surface area contributed by atoms with Crippen molar-refractivity contribution < 1.29 is 14.3 Å². The number of nitrogens with one attached hydrogen (secondary N) is 2. The Kier molecular flexibility index (Phi) is 6.00. The lowest BCUT2D eigenvalue weighted by atomic mass is 10.1. The molecule has 6 nitrogen and oxygen atoms in total. The van der Waals surface area contributed by atoms with Gasteiger partial charge in [0, 0.05) is 11.4 Å². The molecule has 0 spiro atoms. The number of amides is 2. The first-order valence-electron chi connectivity index (χ1n) is 8.01. The van der Waals surface area contributed by atoms with Crippen molar-refractivity contribution >= 4 is 23.2 Å². The van der Waals surface area contributed by atoms with Crippen molar-refractivity contribution in [1.29, 1.82) is 0 Å². The second-order valence-electron chi connectivity index (χ2n) is 5.95. The number of benzene rings is 2. The smallest absolute Gasteiger partial charge is 0.255 e. The number of carbonyl (C=O) groups is 2. The standard InChI is InChI=1S/C19H23N3O3/c1-12-4-5-13(2)17(10-12)22-19(24)14(3)21-15-6-8-16(9-7-15)25-11-18(20)23/h4-10,14,21H,11H2,1-3H3,(H2,20,23)(H,22,24)/t14-/m1/s1. The Hall–Kier alpha value is -3.02. The molecule has 132 valence electrons. The Morgan fingerprint density at radius 3 is 2.44 bits per heavy atom. The predicted octanol–water partition coefficient (Wildman–Crippen LogP) is 2.61. The number of anilines is 2. The first kappa shape index (κ1) is 18.3. The number of primary amides is 1. The van der Waals surface area contributed by atoms with E-state index < -0.39 is 11.9 Å². The molecule has 0 aliphatic carbocycles. The summed E-state index contributed by atoms with van der Waals surface area (Å²) < 4.78 is 5.20. The van der Waals surface area contributed by atoms with Gasteiger partial charge in [0.25, 0.3) is 5.91 Å². The van der Waals surface area contributed by atoms with E-state index in [1.807, 2.05) is 32.0 Å². The topological polar surface area (TPSA) is 93.4 Å². The summed E-state index contributed by atoms with van der Waals surface area (Å²) in [5.41, 5.74) is 8.73. The molecule has 0 fully saturated rings. The lowest BCUT2D eigenvalue weighted by Crippen LogP contribution is -2.32. The zero-order chi connectivity index (χ0) is 18.4. The SMILES string of the molecule is Cc1ccc(C)c(NC(=O)[C@@H](C)Nc2ccc(OCC(N)=O)cc2)c1. The number of carbonyl (C=O) groups excluding carboxylic acids is 2. The van der Waals surface area contributed by atoms with Gasteiger partial charge >= 0.3 is 0 Å². The molecule has 0 saturated heterocycles. The van der Waals surface area contributed by atoms with E-state index in [1.165, 1.54) is 0 Å². The third-order valence-electron chi connectivity index (χ3n) is 3.66. The summed E-state index contributed by atoms with van der Waals surface area (Å²) in [6.45, 7) is 5.57. The first-order chi connectivity index (χ1) is 11.8. The lowest BCUT2D eigenvalue weighted by molar-refractivity contribution is -0.120. The molecular formula is C19H23N3O3. The summed E-state index contributed by atoms with van der Waals surface area (Å²) >= 11 is 0. The molecular weight excluding hydrogens is 318 g/mol. The summed E-state index contributed by atoms with van der Waals surface area (Å²) in [6, 6.07) is 12.5. The highest BCUT2D eigenvalue weighted by Crippen LogP contribution is 2.19. The Labute approximate surface area is 147 Å². The minimum atomic E-state index is -0.529. The molecule has 2 rings (SSSR count). The minimum Gasteiger partial charge on any atom is -0.484 e. The van der Waals surface area contributed by atoms with Crippen LogP contribution in [0.25, 0.3) is 0 Å². The van der Waals surface area contributed by atoms with Crippen LogP contribution in [0, 0.1) is 13.8 Å². The molecule has 2 amide bonds. The monoisotopic (exact) mass is 341 g/mol. The number of hydrogen-bond donors (Lipinski definition) is 3. The van der Waals surface area contributed by atoms with Crippen LogP contribution >= 0.6 is 0 Å². The van der Waals surface area contributed by atoms with Gasteiger partial charge < -0.3 is 21.1 Å². The van der Waals surface area contributed by atoms with Crippen molar-refractivity contribution in [2.24, 2.45) is 5.73 Å². The van der Waals surface area contributed by atoms with Gasteiger partial charge in [0.05, 0.1) is 0 Å². The molecule has 25 heavy (non-hydrogen) atoms. The van der Waals surface area contributed by atoms with Gasteiger partial charge in [-0.15, -0.1) is 0 Å². The van der Waals surface area contributed by atoms with Gasteiger partial charge in [-0.2, -0.15) is 0 Å². The van der Waals surface area contributed by atoms with Crippen LogP contribution in [0.4, 0.5) is 11.4 Å². The zero-order valence-electron chi connectivity index (χ0n) is 14.6. The van der Waals surface area contributed by atoms with Crippen molar-refractivity contribution in [3.63, 3.8) is 0 Å². The number of rotatable bonds is 7. The van der Waals surface area contributed by atoms with Crippen molar-refractivity contribution in [3.05, 3.63) is 53.6 Å². The average Bonchev–Trinajstić information content (AvgIpc) is 2.57. The molecule has 4 N–H and O–H groups in total. The van der Waals surface area contributed by atoms with Gasteiger partial charge in [0.2, 0.25) is 5.91 Å². The second kappa shape index (κ2) is 8.19. The molecule has 0 aromatic heterocycles. The Morgan fingerprint density at radius 2 is 1.80 bits per heavy atom. The first-order valence-corrected chi connectivity index (χ1v) is 8.01. The van der Waals surface area contributed by atoms with Crippen LogP contribution in [0.2, 0.25) is 0 Å². The largest absolute Gasteiger partial charge is 0.484 e. The summed E-state index contributed by atoms with van der Waals surface area (Å²) in [4.78, 5) is 23.1. The number of ether oxygens (including phenoxy) is 1. The van der Waals surface area contributed by atoms with Crippen LogP contribution in [0.5, 0.6) is 5.75 Å². The molecule has 0 radical (unpaired) electrons. The van der Waals surface area contributed by atoms with Crippen molar-refractivity contribution in [1.82, 2.24) is 0 Å². The molecule has 2 aromatic rings. The third kappa shape index (κ3) is 5.53. The van der Waals surface area contributed by atoms with E-state index >= 15 is 0 Å². The van der Waals surface area contributed by atoms with Crippen LogP contribution in [0.1, 0.15) is 18.1 Å². The van der Waals surface area contributed by atoms with Gasteiger partial charge in [0.1, 0.15) is 11.8 Å². The third-order valence-corrected chi connectivity index (χ3v) is 3.66. The molecule has 0 aliphatic heterocycles. The van der Waals surface area contributed by atoms with E-state index in [9.17, 15) is 9.59 Å². The van der Waals surface area contributed by atoms with E-state index in [1.54, 1.807) is 31.2 Å². The lowest BCUT2D eigenvalue weighted by Gasteiger charge is -2.17. The van der Waals surface area contributed by atoms with Crippen molar-refractivity contribution in [2.75, 3.05) is 17.2 Å². The highest BCUT2D eigenvalue weighted by Gasteiger charge is 2.14. The number of hydrogen-bond acceptors (Lipinski definition) is 4. The zero-order valence-corrected chi connectivity index (χ0v) is 14.6. The normalized spacial score (nSPS) is 11.5. The van der Waals surface area contributed by atoms with E-state index in [0.717, 1.165) is 22.5 Å². The van der Waals surface area contributed by atoms with E-state index in [4.69, 9.17) is 10.5 Å². The van der Waals surface area contributed by atoms with Gasteiger partial charge in [-0.25, -0.2) is 0 Å². The summed E-state index contributed by atoms with van der Waals surface area (Å²) in [6.07, 6.45) is 0. The molecule has 0 bridgehead atoms. The van der Waals surface area contributed by atoms with Crippen molar-refractivity contribution in [3.8, 4) is 5.75 Å². The molecule has 0 saturated carbocycles. The molecule has 6 heteroatoms. The molecule has 2 aromatic carbocycles. The summed E-state index contributed by atoms with van der Waals surface area (Å²) in [7, 11) is 0. The number of aryl methyl sites for hydroxylation is 2. The summed E-state index contributed by atoms with van der Waals surface area (Å²) in [5.74, 6) is -0.112.